The maximum Gasteiger partial charge on any atom is 0.230 e. The number of nitrogens with one attached hydrogen (secondary N) is 1. The van der Waals surface area contributed by atoms with Crippen LogP contribution in [0.2, 0.25) is 0 Å². The van der Waals surface area contributed by atoms with Gasteiger partial charge in [0.2, 0.25) is 5.91 Å². The van der Waals surface area contributed by atoms with Gasteiger partial charge in [0.1, 0.15) is 0 Å². The molecule has 0 spiro atoms. The fourth-order valence-electron chi connectivity index (χ4n) is 1.09. The van der Waals surface area contributed by atoms with Crippen molar-refractivity contribution in [3.63, 3.8) is 0 Å². The maximum atomic E-state index is 11.2. The topological polar surface area (TPSA) is 29.1 Å². The van der Waals surface area contributed by atoms with Crippen LogP contribution in [0.3, 0.4) is 0 Å². The summed E-state index contributed by atoms with van der Waals surface area (Å²) in [5, 5.41) is 2.86. The summed E-state index contributed by atoms with van der Waals surface area (Å²) in [5.74, 6) is 0.629. The van der Waals surface area contributed by atoms with Crippen molar-refractivity contribution in [2.45, 2.75) is 13.5 Å². The van der Waals surface area contributed by atoms with Gasteiger partial charge in [-0.3, -0.25) is 4.79 Å². The van der Waals surface area contributed by atoms with Gasteiger partial charge in [-0.15, -0.1) is 0 Å². The summed E-state index contributed by atoms with van der Waals surface area (Å²) in [4.78, 5) is 11.2. The van der Waals surface area contributed by atoms with Crippen molar-refractivity contribution in [1.82, 2.24) is 5.32 Å². The van der Waals surface area contributed by atoms with Gasteiger partial charge in [-0.2, -0.15) is 11.8 Å². The molecule has 0 fully saturated rings. The van der Waals surface area contributed by atoms with E-state index in [0.29, 0.717) is 12.3 Å². The van der Waals surface area contributed by atoms with Crippen LogP contribution in [0, 0.1) is 6.92 Å². The molecule has 0 saturated heterocycles. The van der Waals surface area contributed by atoms with E-state index in [9.17, 15) is 4.79 Å². The largest absolute Gasteiger partial charge is 0.351 e. The van der Waals surface area contributed by atoms with Crippen LogP contribution in [0.4, 0.5) is 0 Å². The van der Waals surface area contributed by atoms with Crippen molar-refractivity contribution in [2.24, 2.45) is 0 Å². The molecule has 3 heteroatoms. The normalized spacial score (nSPS) is 9.86. The first kappa shape index (κ1) is 11.1. The Labute approximate surface area is 89.1 Å². The van der Waals surface area contributed by atoms with Gasteiger partial charge in [0.05, 0.1) is 5.75 Å². The summed E-state index contributed by atoms with van der Waals surface area (Å²) >= 11 is 1.54. The lowest BCUT2D eigenvalue weighted by atomic mass is 10.1. The molecule has 0 aliphatic rings. The van der Waals surface area contributed by atoms with Crippen LogP contribution in [-0.4, -0.2) is 17.9 Å². The molecule has 0 bridgehead atoms. The van der Waals surface area contributed by atoms with E-state index in [4.69, 9.17) is 0 Å². The summed E-state index contributed by atoms with van der Waals surface area (Å²) in [6.07, 6.45) is 1.92. The van der Waals surface area contributed by atoms with Gasteiger partial charge >= 0.3 is 0 Å². The van der Waals surface area contributed by atoms with E-state index < -0.39 is 0 Å². The predicted octanol–water partition coefficient (Wildman–Crippen LogP) is 1.97. The second-order valence-electron chi connectivity index (χ2n) is 3.20. The van der Waals surface area contributed by atoms with Crippen LogP contribution in [0.25, 0.3) is 0 Å². The summed E-state index contributed by atoms with van der Waals surface area (Å²) < 4.78 is 0. The SMILES string of the molecule is CSCC(=O)NCc1ccc(C)cc1. The van der Waals surface area contributed by atoms with E-state index in [1.165, 1.54) is 17.3 Å². The smallest absolute Gasteiger partial charge is 0.230 e. The molecule has 0 radical (unpaired) electrons. The first-order chi connectivity index (χ1) is 6.72. The quantitative estimate of drug-likeness (QED) is 0.821. The molecule has 0 unspecified atom stereocenters. The number of carbonyl (C=O) groups excluding carboxylic acids is 1. The average Bonchev–Trinajstić information content (AvgIpc) is 2.17. The zero-order valence-electron chi connectivity index (χ0n) is 8.54. The number of hydrogen-bond acceptors (Lipinski definition) is 2. The first-order valence-electron chi connectivity index (χ1n) is 4.53. The van der Waals surface area contributed by atoms with Crippen LogP contribution in [0.5, 0.6) is 0 Å². The van der Waals surface area contributed by atoms with Crippen LogP contribution in [-0.2, 0) is 11.3 Å². The van der Waals surface area contributed by atoms with Crippen molar-refractivity contribution in [3.05, 3.63) is 35.4 Å². The predicted molar refractivity (Wildman–Crippen MR) is 61.4 cm³/mol. The number of carbonyl (C=O) groups is 1. The summed E-state index contributed by atoms with van der Waals surface area (Å²) in [6.45, 7) is 2.68. The number of benzene rings is 1. The number of thioether (sulfide) groups is 1. The van der Waals surface area contributed by atoms with Gasteiger partial charge in [-0.1, -0.05) is 29.8 Å². The Hall–Kier alpha value is -0.960. The van der Waals surface area contributed by atoms with Gasteiger partial charge in [0.25, 0.3) is 0 Å². The number of rotatable bonds is 4. The van der Waals surface area contributed by atoms with E-state index >= 15 is 0 Å². The summed E-state index contributed by atoms with van der Waals surface area (Å²) in [6, 6.07) is 8.18. The van der Waals surface area contributed by atoms with E-state index in [0.717, 1.165) is 5.56 Å². The molecule has 1 N–H and O–H groups in total. The van der Waals surface area contributed by atoms with Crippen molar-refractivity contribution in [1.29, 1.82) is 0 Å². The molecule has 0 aromatic heterocycles. The van der Waals surface area contributed by atoms with Crippen LogP contribution < -0.4 is 5.32 Å². The Kier molecular flexibility index (Phi) is 4.53. The lowest BCUT2D eigenvalue weighted by molar-refractivity contribution is -0.118. The molecular weight excluding hydrogens is 194 g/mol. The van der Waals surface area contributed by atoms with Crippen LogP contribution >= 0.6 is 11.8 Å². The fourth-order valence-corrected chi connectivity index (χ4v) is 1.45. The molecule has 0 aliphatic heterocycles. The Balaban J connectivity index is 2.38. The Morgan fingerprint density at radius 3 is 2.57 bits per heavy atom. The highest BCUT2D eigenvalue weighted by Gasteiger charge is 1.98. The van der Waals surface area contributed by atoms with E-state index in [1.807, 2.05) is 18.4 Å². The Morgan fingerprint density at radius 2 is 2.00 bits per heavy atom. The monoisotopic (exact) mass is 209 g/mol. The van der Waals surface area contributed by atoms with Crippen molar-refractivity contribution in [2.75, 3.05) is 12.0 Å². The highest BCUT2D eigenvalue weighted by atomic mass is 32.2. The standard InChI is InChI=1S/C11H15NOS/c1-9-3-5-10(6-4-9)7-12-11(13)8-14-2/h3-6H,7-8H2,1-2H3,(H,12,13). The second-order valence-corrected chi connectivity index (χ2v) is 4.06. The summed E-state index contributed by atoms with van der Waals surface area (Å²) in [5.41, 5.74) is 2.38. The minimum Gasteiger partial charge on any atom is -0.351 e. The molecule has 0 heterocycles. The lowest BCUT2D eigenvalue weighted by Crippen LogP contribution is -2.24. The molecule has 76 valence electrons. The van der Waals surface area contributed by atoms with Gasteiger partial charge < -0.3 is 5.32 Å². The van der Waals surface area contributed by atoms with Gasteiger partial charge in [-0.05, 0) is 18.7 Å². The first-order valence-corrected chi connectivity index (χ1v) is 5.93. The third-order valence-corrected chi connectivity index (χ3v) is 2.44. The Morgan fingerprint density at radius 1 is 1.36 bits per heavy atom. The lowest BCUT2D eigenvalue weighted by Gasteiger charge is -2.04. The molecule has 1 amide bonds. The van der Waals surface area contributed by atoms with Crippen LogP contribution in [0.15, 0.2) is 24.3 Å². The molecule has 0 saturated carbocycles. The Bertz CT molecular complexity index is 295. The van der Waals surface area contributed by atoms with Crippen molar-refractivity contribution in [3.8, 4) is 0 Å². The molecule has 0 atom stereocenters. The number of amides is 1. The maximum absolute atomic E-state index is 11.2. The minimum atomic E-state index is 0.0954. The van der Waals surface area contributed by atoms with E-state index in [1.54, 1.807) is 0 Å². The average molecular weight is 209 g/mol. The third kappa shape index (κ3) is 3.83. The minimum absolute atomic E-state index is 0.0954. The highest BCUT2D eigenvalue weighted by Crippen LogP contribution is 2.02. The zero-order chi connectivity index (χ0) is 10.4. The fraction of sp³-hybridized carbons (Fsp3) is 0.364. The second kappa shape index (κ2) is 5.70. The molecule has 2 nitrogen and oxygen atoms in total. The third-order valence-electron chi connectivity index (χ3n) is 1.89. The molecule has 1 aromatic carbocycles. The zero-order valence-corrected chi connectivity index (χ0v) is 9.36. The van der Waals surface area contributed by atoms with Crippen LogP contribution in [0.1, 0.15) is 11.1 Å². The van der Waals surface area contributed by atoms with Crippen molar-refractivity contribution < 1.29 is 4.79 Å². The molecule has 1 aromatic rings. The molecule has 1 rings (SSSR count). The molecule has 14 heavy (non-hydrogen) atoms. The van der Waals surface area contributed by atoms with Crippen molar-refractivity contribution >= 4 is 17.7 Å². The van der Waals surface area contributed by atoms with Gasteiger partial charge in [-0.25, -0.2) is 0 Å². The van der Waals surface area contributed by atoms with Gasteiger partial charge in [0, 0.05) is 6.54 Å². The highest BCUT2D eigenvalue weighted by molar-refractivity contribution is 7.99. The summed E-state index contributed by atoms with van der Waals surface area (Å²) in [7, 11) is 0. The molecule has 0 aliphatic carbocycles. The van der Waals surface area contributed by atoms with E-state index in [-0.39, 0.29) is 5.91 Å². The number of hydrogen-bond donors (Lipinski definition) is 1. The molecular formula is C11H15NOS. The van der Waals surface area contributed by atoms with E-state index in [2.05, 4.69) is 24.4 Å². The van der Waals surface area contributed by atoms with Gasteiger partial charge in [0.15, 0.2) is 0 Å². The number of aryl methyl sites for hydroxylation is 1.